The molecule has 1 aromatic rings. The predicted molar refractivity (Wildman–Crippen MR) is 73.6 cm³/mol. The molecule has 4 N–H and O–H groups in total. The fourth-order valence-electron chi connectivity index (χ4n) is 1.62. The number of nitrogens with two attached hydrogens (primary N) is 1. The highest BCUT2D eigenvalue weighted by Gasteiger charge is 2.14. The highest BCUT2D eigenvalue weighted by molar-refractivity contribution is 5.92. The summed E-state index contributed by atoms with van der Waals surface area (Å²) < 4.78 is 0. The van der Waals surface area contributed by atoms with Gasteiger partial charge in [0, 0.05) is 23.7 Å². The van der Waals surface area contributed by atoms with Crippen LogP contribution < -0.4 is 11.1 Å². The number of nitrogens with one attached hydrogen (secondary N) is 1. The van der Waals surface area contributed by atoms with E-state index in [-0.39, 0.29) is 30.0 Å². The minimum Gasteiger partial charge on any atom is -0.507 e. The van der Waals surface area contributed by atoms with Crippen molar-refractivity contribution in [3.8, 4) is 5.75 Å². The second-order valence-electron chi connectivity index (χ2n) is 5.06. The number of benzene rings is 1. The van der Waals surface area contributed by atoms with E-state index in [1.165, 1.54) is 0 Å². The summed E-state index contributed by atoms with van der Waals surface area (Å²) in [6.45, 7) is 7.57. The van der Waals surface area contributed by atoms with Crippen LogP contribution in [0, 0.1) is 19.8 Å². The number of aryl methyl sites for hydroxylation is 1. The number of anilines is 1. The summed E-state index contributed by atoms with van der Waals surface area (Å²) >= 11 is 0. The Morgan fingerprint density at radius 1 is 1.39 bits per heavy atom. The van der Waals surface area contributed by atoms with Crippen LogP contribution in [0.4, 0.5) is 5.69 Å². The normalized spacial score (nSPS) is 12.6. The molecule has 0 fully saturated rings. The van der Waals surface area contributed by atoms with E-state index in [1.54, 1.807) is 19.1 Å². The zero-order valence-corrected chi connectivity index (χ0v) is 11.4. The van der Waals surface area contributed by atoms with Gasteiger partial charge in [-0.15, -0.1) is 0 Å². The van der Waals surface area contributed by atoms with Gasteiger partial charge in [-0.2, -0.15) is 0 Å². The minimum absolute atomic E-state index is 0.123. The van der Waals surface area contributed by atoms with Crippen LogP contribution in [-0.2, 0) is 4.79 Å². The first-order valence-electron chi connectivity index (χ1n) is 6.17. The number of aromatic hydroxyl groups is 1. The molecule has 1 rings (SSSR count). The van der Waals surface area contributed by atoms with Gasteiger partial charge in [-0.1, -0.05) is 19.9 Å². The Labute approximate surface area is 108 Å². The Morgan fingerprint density at radius 2 is 2.00 bits per heavy atom. The number of hydrogen-bond acceptors (Lipinski definition) is 3. The zero-order chi connectivity index (χ0) is 13.9. The van der Waals surface area contributed by atoms with E-state index in [2.05, 4.69) is 5.32 Å². The molecule has 0 saturated carbocycles. The predicted octanol–water partition coefficient (Wildman–Crippen LogP) is 2.32. The van der Waals surface area contributed by atoms with Crippen LogP contribution in [0.15, 0.2) is 12.1 Å². The average Bonchev–Trinajstić information content (AvgIpc) is 2.29. The van der Waals surface area contributed by atoms with Gasteiger partial charge in [-0.25, -0.2) is 0 Å². The second kappa shape index (κ2) is 5.87. The molecule has 0 spiro atoms. The van der Waals surface area contributed by atoms with Crippen LogP contribution in [0.25, 0.3) is 0 Å². The van der Waals surface area contributed by atoms with Crippen molar-refractivity contribution >= 4 is 11.6 Å². The third-order valence-electron chi connectivity index (χ3n) is 3.18. The van der Waals surface area contributed by atoms with Crippen LogP contribution in [0.2, 0.25) is 0 Å². The standard InChI is InChI=1S/C14H22N2O2/c1-8(2)11(15)7-13(17)16-12-6-5-9(3)14(18)10(12)4/h5-6,8,11,18H,7,15H2,1-4H3,(H,16,17). The van der Waals surface area contributed by atoms with E-state index in [0.717, 1.165) is 5.56 Å². The largest absolute Gasteiger partial charge is 0.507 e. The maximum absolute atomic E-state index is 11.8. The Balaban J connectivity index is 2.74. The lowest BCUT2D eigenvalue weighted by atomic mass is 10.0. The van der Waals surface area contributed by atoms with Crippen LogP contribution in [0.3, 0.4) is 0 Å². The fraction of sp³-hybridized carbons (Fsp3) is 0.500. The topological polar surface area (TPSA) is 75.4 Å². The number of carbonyl (C=O) groups is 1. The van der Waals surface area contributed by atoms with Gasteiger partial charge in [-0.3, -0.25) is 4.79 Å². The summed E-state index contributed by atoms with van der Waals surface area (Å²) in [6.07, 6.45) is 0.283. The van der Waals surface area contributed by atoms with Crippen molar-refractivity contribution < 1.29 is 9.90 Å². The molecule has 0 aliphatic heterocycles. The van der Waals surface area contributed by atoms with Gasteiger partial charge in [0.2, 0.25) is 5.91 Å². The van der Waals surface area contributed by atoms with Crippen LogP contribution >= 0.6 is 0 Å². The van der Waals surface area contributed by atoms with Gasteiger partial charge < -0.3 is 16.2 Å². The van der Waals surface area contributed by atoms with Gasteiger partial charge in [0.05, 0.1) is 0 Å². The van der Waals surface area contributed by atoms with Gasteiger partial charge in [0.1, 0.15) is 5.75 Å². The molecule has 4 heteroatoms. The first kappa shape index (κ1) is 14.5. The highest BCUT2D eigenvalue weighted by atomic mass is 16.3. The highest BCUT2D eigenvalue weighted by Crippen LogP contribution is 2.28. The lowest BCUT2D eigenvalue weighted by molar-refractivity contribution is -0.116. The summed E-state index contributed by atoms with van der Waals surface area (Å²) in [6, 6.07) is 3.42. The van der Waals surface area contributed by atoms with Gasteiger partial charge in [-0.05, 0) is 31.4 Å². The maximum atomic E-state index is 11.8. The molecule has 1 atom stereocenters. The molecule has 0 aliphatic rings. The zero-order valence-electron chi connectivity index (χ0n) is 11.4. The van der Waals surface area contributed by atoms with Crippen molar-refractivity contribution in [2.45, 2.75) is 40.2 Å². The monoisotopic (exact) mass is 250 g/mol. The summed E-state index contributed by atoms with van der Waals surface area (Å²) in [4.78, 5) is 11.8. The molecule has 100 valence electrons. The molecule has 1 amide bonds. The molecule has 0 aromatic heterocycles. The smallest absolute Gasteiger partial charge is 0.225 e. The van der Waals surface area contributed by atoms with Crippen LogP contribution in [0.5, 0.6) is 5.75 Å². The molecule has 1 unspecified atom stereocenters. The lowest BCUT2D eigenvalue weighted by Gasteiger charge is -2.16. The van der Waals surface area contributed by atoms with Crippen molar-refractivity contribution in [1.82, 2.24) is 0 Å². The molecular formula is C14H22N2O2. The lowest BCUT2D eigenvalue weighted by Crippen LogP contribution is -2.31. The van der Waals surface area contributed by atoms with E-state index < -0.39 is 0 Å². The van der Waals surface area contributed by atoms with E-state index in [9.17, 15) is 9.90 Å². The molecule has 0 bridgehead atoms. The van der Waals surface area contributed by atoms with Gasteiger partial charge >= 0.3 is 0 Å². The Hall–Kier alpha value is -1.55. The van der Waals surface area contributed by atoms with Gasteiger partial charge in [0.25, 0.3) is 0 Å². The number of phenolic OH excluding ortho intramolecular Hbond substituents is 1. The number of rotatable bonds is 4. The molecule has 0 radical (unpaired) electrons. The molecule has 0 saturated heterocycles. The Morgan fingerprint density at radius 3 is 2.56 bits per heavy atom. The summed E-state index contributed by atoms with van der Waals surface area (Å²) in [5.41, 5.74) is 7.97. The summed E-state index contributed by atoms with van der Waals surface area (Å²) in [7, 11) is 0. The molecular weight excluding hydrogens is 228 g/mol. The molecule has 18 heavy (non-hydrogen) atoms. The summed E-state index contributed by atoms with van der Waals surface area (Å²) in [5.74, 6) is 0.367. The van der Waals surface area contributed by atoms with Crippen LogP contribution in [0.1, 0.15) is 31.4 Å². The van der Waals surface area contributed by atoms with E-state index in [4.69, 9.17) is 5.73 Å². The van der Waals surface area contributed by atoms with Crippen molar-refractivity contribution in [2.75, 3.05) is 5.32 Å². The van der Waals surface area contributed by atoms with Crippen molar-refractivity contribution in [1.29, 1.82) is 0 Å². The SMILES string of the molecule is Cc1ccc(NC(=O)CC(N)C(C)C)c(C)c1O. The molecule has 0 aliphatic carbocycles. The van der Waals surface area contributed by atoms with Crippen molar-refractivity contribution in [2.24, 2.45) is 11.7 Å². The van der Waals surface area contributed by atoms with Gasteiger partial charge in [0.15, 0.2) is 0 Å². The number of amides is 1. The Bertz CT molecular complexity index is 442. The van der Waals surface area contributed by atoms with E-state index >= 15 is 0 Å². The third-order valence-corrected chi connectivity index (χ3v) is 3.18. The van der Waals surface area contributed by atoms with Crippen molar-refractivity contribution in [3.63, 3.8) is 0 Å². The molecule has 4 nitrogen and oxygen atoms in total. The first-order chi connectivity index (χ1) is 8.32. The van der Waals surface area contributed by atoms with Crippen molar-refractivity contribution in [3.05, 3.63) is 23.3 Å². The second-order valence-corrected chi connectivity index (χ2v) is 5.06. The number of phenols is 1. The quantitative estimate of drug-likeness (QED) is 0.767. The molecule has 1 aromatic carbocycles. The van der Waals surface area contributed by atoms with E-state index in [1.807, 2.05) is 20.8 Å². The molecule has 0 heterocycles. The number of carbonyl (C=O) groups excluding carboxylic acids is 1. The fourth-order valence-corrected chi connectivity index (χ4v) is 1.62. The van der Waals surface area contributed by atoms with E-state index in [0.29, 0.717) is 11.3 Å². The maximum Gasteiger partial charge on any atom is 0.225 e. The van der Waals surface area contributed by atoms with Crippen LogP contribution in [-0.4, -0.2) is 17.1 Å². The summed E-state index contributed by atoms with van der Waals surface area (Å²) in [5, 5.41) is 12.6. The first-order valence-corrected chi connectivity index (χ1v) is 6.17. The Kier molecular flexibility index (Phi) is 4.73. The average molecular weight is 250 g/mol. The third kappa shape index (κ3) is 3.47. The number of hydrogen-bond donors (Lipinski definition) is 3. The minimum atomic E-state index is -0.149.